The molecule has 104 valence electrons. The van der Waals surface area contributed by atoms with E-state index in [0.717, 1.165) is 11.8 Å². The molecule has 0 radical (unpaired) electrons. The molecule has 1 aromatic carbocycles. The van der Waals surface area contributed by atoms with Crippen LogP contribution in [0.4, 0.5) is 0 Å². The second-order valence-corrected chi connectivity index (χ2v) is 4.73. The highest BCUT2D eigenvalue weighted by Crippen LogP contribution is 2.20. The molecular weight excluding hydrogens is 244 g/mol. The number of benzene rings is 1. The number of aldehydes is 1. The maximum absolute atomic E-state index is 11.4. The van der Waals surface area contributed by atoms with Gasteiger partial charge in [0.25, 0.3) is 0 Å². The molecule has 0 saturated carbocycles. The van der Waals surface area contributed by atoms with Crippen molar-refractivity contribution in [2.24, 2.45) is 5.41 Å². The molecule has 0 aromatic heterocycles. The molecule has 0 aliphatic carbocycles. The van der Waals surface area contributed by atoms with Gasteiger partial charge in [0, 0.05) is 0 Å². The van der Waals surface area contributed by atoms with Crippen LogP contribution < -0.4 is 0 Å². The van der Waals surface area contributed by atoms with E-state index in [2.05, 4.69) is 0 Å². The number of hydrogen-bond donors (Lipinski definition) is 0. The molecule has 0 saturated heterocycles. The van der Waals surface area contributed by atoms with Crippen LogP contribution in [0.3, 0.4) is 0 Å². The van der Waals surface area contributed by atoms with Crippen molar-refractivity contribution in [3.63, 3.8) is 0 Å². The van der Waals surface area contributed by atoms with E-state index in [1.807, 2.05) is 30.3 Å². The van der Waals surface area contributed by atoms with Crippen molar-refractivity contribution in [1.82, 2.24) is 0 Å². The molecule has 1 aromatic rings. The molecule has 4 heteroatoms. The molecule has 4 nitrogen and oxygen atoms in total. The van der Waals surface area contributed by atoms with Gasteiger partial charge in [0.2, 0.25) is 0 Å². The lowest BCUT2D eigenvalue weighted by molar-refractivity contribution is -0.148. The van der Waals surface area contributed by atoms with Crippen LogP contribution in [0, 0.1) is 5.41 Å². The lowest BCUT2D eigenvalue weighted by Crippen LogP contribution is -2.29. The standard InChI is InChI=1S/C15H20O4/c1-3-19-14(17)9-15(2,11-16)12-18-10-13-7-5-4-6-8-13/h4-8,11H,3,9-10,12H2,1-2H3/t15-/m1/s1. The van der Waals surface area contributed by atoms with Crippen molar-refractivity contribution in [2.45, 2.75) is 26.9 Å². The molecule has 0 aliphatic rings. The Morgan fingerprint density at radius 1 is 1.32 bits per heavy atom. The van der Waals surface area contributed by atoms with E-state index in [-0.39, 0.29) is 19.0 Å². The van der Waals surface area contributed by atoms with Gasteiger partial charge in [-0.2, -0.15) is 0 Å². The molecule has 0 amide bonds. The van der Waals surface area contributed by atoms with E-state index in [1.54, 1.807) is 13.8 Å². The molecule has 0 spiro atoms. The Labute approximate surface area is 113 Å². The van der Waals surface area contributed by atoms with Gasteiger partial charge in [0.05, 0.1) is 31.7 Å². The van der Waals surface area contributed by atoms with Gasteiger partial charge in [0.15, 0.2) is 0 Å². The van der Waals surface area contributed by atoms with Crippen molar-refractivity contribution >= 4 is 12.3 Å². The summed E-state index contributed by atoms with van der Waals surface area (Å²) in [5.74, 6) is -0.375. The van der Waals surface area contributed by atoms with Crippen LogP contribution >= 0.6 is 0 Å². The van der Waals surface area contributed by atoms with Crippen LogP contribution in [0.25, 0.3) is 0 Å². The molecule has 0 N–H and O–H groups in total. The van der Waals surface area contributed by atoms with Crippen LogP contribution in [0.2, 0.25) is 0 Å². The minimum atomic E-state index is -0.832. The Morgan fingerprint density at radius 3 is 2.58 bits per heavy atom. The van der Waals surface area contributed by atoms with Crippen LogP contribution in [0.5, 0.6) is 0 Å². The summed E-state index contributed by atoms with van der Waals surface area (Å²) in [6, 6.07) is 9.68. The van der Waals surface area contributed by atoms with Gasteiger partial charge in [-0.25, -0.2) is 0 Å². The zero-order chi connectivity index (χ0) is 14.1. The molecule has 1 rings (SSSR count). The fraction of sp³-hybridized carbons (Fsp3) is 0.467. The van der Waals surface area contributed by atoms with Crippen LogP contribution in [-0.4, -0.2) is 25.5 Å². The average Bonchev–Trinajstić information content (AvgIpc) is 2.40. The quantitative estimate of drug-likeness (QED) is 0.534. The first-order valence-corrected chi connectivity index (χ1v) is 6.33. The molecule has 0 unspecified atom stereocenters. The van der Waals surface area contributed by atoms with Gasteiger partial charge < -0.3 is 14.3 Å². The predicted octanol–water partition coefficient (Wildman–Crippen LogP) is 2.36. The van der Waals surface area contributed by atoms with E-state index >= 15 is 0 Å². The molecule has 0 heterocycles. The van der Waals surface area contributed by atoms with Crippen molar-refractivity contribution in [3.8, 4) is 0 Å². The van der Waals surface area contributed by atoms with Gasteiger partial charge in [0.1, 0.15) is 6.29 Å². The molecular formula is C15H20O4. The summed E-state index contributed by atoms with van der Waals surface area (Å²) in [4.78, 5) is 22.5. The summed E-state index contributed by atoms with van der Waals surface area (Å²) in [6.45, 7) is 4.37. The number of rotatable bonds is 8. The molecule has 0 aliphatic heterocycles. The highest BCUT2D eigenvalue weighted by atomic mass is 16.5. The average molecular weight is 264 g/mol. The van der Waals surface area contributed by atoms with Gasteiger partial charge >= 0.3 is 5.97 Å². The summed E-state index contributed by atoms with van der Waals surface area (Å²) in [7, 11) is 0. The zero-order valence-electron chi connectivity index (χ0n) is 11.4. The number of esters is 1. The second kappa shape index (κ2) is 7.69. The lowest BCUT2D eigenvalue weighted by Gasteiger charge is -2.21. The first-order valence-electron chi connectivity index (χ1n) is 6.33. The normalized spacial score (nSPS) is 13.6. The number of ether oxygens (including phenoxy) is 2. The summed E-state index contributed by atoms with van der Waals surface area (Å²) in [6.07, 6.45) is 0.800. The molecule has 0 fully saturated rings. The zero-order valence-corrected chi connectivity index (χ0v) is 11.4. The first-order chi connectivity index (χ1) is 9.09. The summed E-state index contributed by atoms with van der Waals surface area (Å²) in [5.41, 5.74) is 0.202. The summed E-state index contributed by atoms with van der Waals surface area (Å²) in [5, 5.41) is 0. The van der Waals surface area contributed by atoms with Crippen LogP contribution in [0.15, 0.2) is 30.3 Å². The Balaban J connectivity index is 2.43. The monoisotopic (exact) mass is 264 g/mol. The van der Waals surface area contributed by atoms with E-state index in [9.17, 15) is 9.59 Å². The Morgan fingerprint density at radius 2 is 2.00 bits per heavy atom. The third kappa shape index (κ3) is 5.66. The van der Waals surface area contributed by atoms with Gasteiger partial charge in [-0.15, -0.1) is 0 Å². The number of carbonyl (C=O) groups is 2. The van der Waals surface area contributed by atoms with Crippen LogP contribution in [0.1, 0.15) is 25.8 Å². The van der Waals surface area contributed by atoms with Gasteiger partial charge in [-0.1, -0.05) is 37.3 Å². The van der Waals surface area contributed by atoms with Crippen molar-refractivity contribution in [3.05, 3.63) is 35.9 Å². The maximum atomic E-state index is 11.4. The second-order valence-electron chi connectivity index (χ2n) is 4.73. The predicted molar refractivity (Wildman–Crippen MR) is 71.5 cm³/mol. The highest BCUT2D eigenvalue weighted by Gasteiger charge is 2.28. The minimum absolute atomic E-state index is 0.0408. The highest BCUT2D eigenvalue weighted by molar-refractivity contribution is 5.75. The number of carbonyl (C=O) groups excluding carboxylic acids is 2. The fourth-order valence-corrected chi connectivity index (χ4v) is 1.64. The largest absolute Gasteiger partial charge is 0.466 e. The smallest absolute Gasteiger partial charge is 0.306 e. The summed E-state index contributed by atoms with van der Waals surface area (Å²) < 4.78 is 10.4. The van der Waals surface area contributed by atoms with Crippen molar-refractivity contribution < 1.29 is 19.1 Å². The molecule has 1 atom stereocenters. The Bertz CT molecular complexity index is 402. The topological polar surface area (TPSA) is 52.6 Å². The minimum Gasteiger partial charge on any atom is -0.466 e. The van der Waals surface area contributed by atoms with Crippen molar-refractivity contribution in [1.29, 1.82) is 0 Å². The van der Waals surface area contributed by atoms with E-state index in [4.69, 9.17) is 9.47 Å². The molecule has 0 bridgehead atoms. The maximum Gasteiger partial charge on any atom is 0.306 e. The fourth-order valence-electron chi connectivity index (χ4n) is 1.64. The Hall–Kier alpha value is -1.68. The third-order valence-corrected chi connectivity index (χ3v) is 2.68. The first kappa shape index (κ1) is 15.4. The van der Waals surface area contributed by atoms with E-state index in [1.165, 1.54) is 0 Å². The van der Waals surface area contributed by atoms with E-state index in [0.29, 0.717) is 13.2 Å². The van der Waals surface area contributed by atoms with Crippen LogP contribution in [-0.2, 0) is 25.7 Å². The van der Waals surface area contributed by atoms with Crippen molar-refractivity contribution in [2.75, 3.05) is 13.2 Å². The SMILES string of the molecule is CCOC(=O)C[C@](C)(C=O)COCc1ccccc1. The number of hydrogen-bond acceptors (Lipinski definition) is 4. The van der Waals surface area contributed by atoms with Gasteiger partial charge in [-0.05, 0) is 12.5 Å². The third-order valence-electron chi connectivity index (χ3n) is 2.68. The summed E-state index contributed by atoms with van der Waals surface area (Å²) >= 11 is 0. The Kier molecular flexibility index (Phi) is 6.22. The lowest BCUT2D eigenvalue weighted by atomic mass is 9.90. The van der Waals surface area contributed by atoms with E-state index < -0.39 is 5.41 Å². The molecule has 19 heavy (non-hydrogen) atoms. The van der Waals surface area contributed by atoms with Gasteiger partial charge in [-0.3, -0.25) is 4.79 Å².